The largest absolute Gasteiger partial charge is 0.482 e. The minimum atomic E-state index is -0.194. The van der Waals surface area contributed by atoms with E-state index in [2.05, 4.69) is 19.4 Å². The number of carbonyl (C=O) groups is 1. The molecule has 4 nitrogen and oxygen atoms in total. The Bertz CT molecular complexity index is 467. The van der Waals surface area contributed by atoms with Gasteiger partial charge in [0.25, 0.3) is 5.91 Å². The molecule has 112 valence electrons. The molecule has 0 saturated carbocycles. The average molecular weight is 341 g/mol. The van der Waals surface area contributed by atoms with Gasteiger partial charge < -0.3 is 15.0 Å². The van der Waals surface area contributed by atoms with Gasteiger partial charge in [0.1, 0.15) is 5.75 Å². The Morgan fingerprint density at radius 3 is 2.50 bits per heavy atom. The monoisotopic (exact) mass is 339 g/mol. The standard InChI is InChI=1S/C13H17Cl3N2O2/c1-18(2)5-3-4-17-13(19)8-20-12-7-10(15)9(14)6-11(12)16/h6-7H,3-5,8H2,1-2H3,(H,17,19)/p+1. The Kier molecular flexibility index (Phi) is 7.45. The molecule has 0 fully saturated rings. The Labute approximate surface area is 133 Å². The summed E-state index contributed by atoms with van der Waals surface area (Å²) in [5, 5.41) is 3.78. The maximum Gasteiger partial charge on any atom is 0.257 e. The number of rotatable bonds is 7. The van der Waals surface area contributed by atoms with Crippen LogP contribution in [-0.4, -0.2) is 39.7 Å². The Morgan fingerprint density at radius 1 is 1.20 bits per heavy atom. The van der Waals surface area contributed by atoms with Crippen molar-refractivity contribution in [3.05, 3.63) is 27.2 Å². The first-order chi connectivity index (χ1) is 9.40. The molecule has 0 aliphatic rings. The van der Waals surface area contributed by atoms with Gasteiger partial charge in [-0.15, -0.1) is 0 Å². The van der Waals surface area contributed by atoms with Crippen molar-refractivity contribution >= 4 is 40.7 Å². The summed E-state index contributed by atoms with van der Waals surface area (Å²) >= 11 is 17.6. The van der Waals surface area contributed by atoms with Crippen LogP contribution < -0.4 is 15.0 Å². The van der Waals surface area contributed by atoms with Gasteiger partial charge in [-0.1, -0.05) is 34.8 Å². The molecule has 1 amide bonds. The summed E-state index contributed by atoms with van der Waals surface area (Å²) in [6.45, 7) is 1.52. The van der Waals surface area contributed by atoms with Crippen molar-refractivity contribution in [2.24, 2.45) is 0 Å². The third kappa shape index (κ3) is 6.18. The first-order valence-electron chi connectivity index (χ1n) is 6.23. The van der Waals surface area contributed by atoms with Crippen LogP contribution in [0.1, 0.15) is 6.42 Å². The summed E-state index contributed by atoms with van der Waals surface area (Å²) in [5.41, 5.74) is 0. The van der Waals surface area contributed by atoms with Gasteiger partial charge in [-0.25, -0.2) is 0 Å². The normalized spacial score (nSPS) is 10.7. The third-order valence-corrected chi connectivity index (χ3v) is 3.53. The molecular weight excluding hydrogens is 323 g/mol. The van der Waals surface area contributed by atoms with E-state index in [-0.39, 0.29) is 12.5 Å². The quantitative estimate of drug-likeness (QED) is 0.586. The van der Waals surface area contributed by atoms with Crippen molar-refractivity contribution in [1.29, 1.82) is 0 Å². The van der Waals surface area contributed by atoms with Crippen LogP contribution in [0.3, 0.4) is 0 Å². The van der Waals surface area contributed by atoms with Gasteiger partial charge in [0.15, 0.2) is 6.61 Å². The van der Waals surface area contributed by atoms with Crippen molar-refractivity contribution < 1.29 is 14.4 Å². The lowest BCUT2D eigenvalue weighted by Gasteiger charge is -2.10. The van der Waals surface area contributed by atoms with E-state index >= 15 is 0 Å². The molecule has 7 heteroatoms. The van der Waals surface area contributed by atoms with Crippen LogP contribution in [0.2, 0.25) is 15.1 Å². The van der Waals surface area contributed by atoms with E-state index in [9.17, 15) is 4.79 Å². The highest BCUT2D eigenvalue weighted by Gasteiger charge is 2.09. The van der Waals surface area contributed by atoms with Gasteiger partial charge in [-0.05, 0) is 6.07 Å². The molecule has 2 N–H and O–H groups in total. The fraction of sp³-hybridized carbons (Fsp3) is 0.462. The van der Waals surface area contributed by atoms with Gasteiger partial charge in [0, 0.05) is 19.0 Å². The zero-order chi connectivity index (χ0) is 15.1. The van der Waals surface area contributed by atoms with Crippen LogP contribution in [0.4, 0.5) is 0 Å². The fourth-order valence-electron chi connectivity index (χ4n) is 1.48. The van der Waals surface area contributed by atoms with Crippen molar-refractivity contribution in [3.63, 3.8) is 0 Å². The molecule has 0 saturated heterocycles. The summed E-state index contributed by atoms with van der Waals surface area (Å²) in [7, 11) is 4.13. The molecule has 1 rings (SSSR count). The third-order valence-electron chi connectivity index (χ3n) is 2.51. The lowest BCUT2D eigenvalue weighted by molar-refractivity contribution is -0.858. The molecule has 0 spiro atoms. The Hall–Kier alpha value is -0.680. The molecular formula is C13H18Cl3N2O2+. The molecule has 0 aliphatic carbocycles. The summed E-state index contributed by atoms with van der Waals surface area (Å²) in [6, 6.07) is 2.98. The van der Waals surface area contributed by atoms with E-state index < -0.39 is 0 Å². The van der Waals surface area contributed by atoms with Crippen LogP contribution in [-0.2, 0) is 4.79 Å². The molecule has 0 aliphatic heterocycles. The molecule has 0 atom stereocenters. The minimum Gasteiger partial charge on any atom is -0.482 e. The predicted molar refractivity (Wildman–Crippen MR) is 82.3 cm³/mol. The van der Waals surface area contributed by atoms with E-state index in [1.807, 2.05) is 0 Å². The lowest BCUT2D eigenvalue weighted by atomic mass is 10.3. The number of ether oxygens (including phenoxy) is 1. The molecule has 1 aromatic rings. The zero-order valence-electron chi connectivity index (χ0n) is 11.4. The fourth-order valence-corrected chi connectivity index (χ4v) is 2.07. The summed E-state index contributed by atoms with van der Waals surface area (Å²) in [4.78, 5) is 12.9. The van der Waals surface area contributed by atoms with Crippen LogP contribution in [0.15, 0.2) is 12.1 Å². The second-order valence-electron chi connectivity index (χ2n) is 4.65. The Morgan fingerprint density at radius 2 is 1.85 bits per heavy atom. The van der Waals surface area contributed by atoms with Crippen LogP contribution in [0.5, 0.6) is 5.75 Å². The van der Waals surface area contributed by atoms with E-state index in [0.29, 0.717) is 27.4 Å². The van der Waals surface area contributed by atoms with Gasteiger partial charge in [-0.2, -0.15) is 0 Å². The highest BCUT2D eigenvalue weighted by atomic mass is 35.5. The zero-order valence-corrected chi connectivity index (χ0v) is 13.7. The summed E-state index contributed by atoms with van der Waals surface area (Å²) in [6.07, 6.45) is 0.918. The number of amides is 1. The van der Waals surface area contributed by atoms with Crippen LogP contribution >= 0.6 is 34.8 Å². The summed E-state index contributed by atoms with van der Waals surface area (Å²) in [5.74, 6) is 0.148. The van der Waals surface area contributed by atoms with Crippen molar-refractivity contribution in [3.8, 4) is 5.75 Å². The molecule has 0 bridgehead atoms. The van der Waals surface area contributed by atoms with Gasteiger partial charge in [0.05, 0.1) is 35.7 Å². The SMILES string of the molecule is C[NH+](C)CCCNC(=O)COc1cc(Cl)c(Cl)cc1Cl. The van der Waals surface area contributed by atoms with Gasteiger partial charge >= 0.3 is 0 Å². The summed E-state index contributed by atoms with van der Waals surface area (Å²) < 4.78 is 5.32. The van der Waals surface area contributed by atoms with Gasteiger partial charge in [0.2, 0.25) is 0 Å². The van der Waals surface area contributed by atoms with E-state index in [1.54, 1.807) is 0 Å². The van der Waals surface area contributed by atoms with E-state index in [4.69, 9.17) is 39.5 Å². The van der Waals surface area contributed by atoms with Crippen molar-refractivity contribution in [2.75, 3.05) is 33.8 Å². The topological polar surface area (TPSA) is 42.8 Å². The number of halogens is 3. The molecule has 0 aromatic heterocycles. The molecule has 0 unspecified atom stereocenters. The smallest absolute Gasteiger partial charge is 0.257 e. The van der Waals surface area contributed by atoms with Gasteiger partial charge in [-0.3, -0.25) is 4.79 Å². The first-order valence-corrected chi connectivity index (χ1v) is 7.36. The Balaban J connectivity index is 2.36. The number of nitrogens with one attached hydrogen (secondary N) is 2. The van der Waals surface area contributed by atoms with Crippen LogP contribution in [0, 0.1) is 0 Å². The maximum absolute atomic E-state index is 11.6. The molecule has 0 heterocycles. The average Bonchev–Trinajstić information content (AvgIpc) is 2.37. The maximum atomic E-state index is 11.6. The van der Waals surface area contributed by atoms with Crippen LogP contribution in [0.25, 0.3) is 0 Å². The molecule has 0 radical (unpaired) electrons. The second kappa shape index (κ2) is 8.57. The molecule has 20 heavy (non-hydrogen) atoms. The molecule has 1 aromatic carbocycles. The minimum absolute atomic E-state index is 0.105. The highest BCUT2D eigenvalue weighted by Crippen LogP contribution is 2.33. The van der Waals surface area contributed by atoms with Crippen molar-refractivity contribution in [1.82, 2.24) is 5.32 Å². The lowest BCUT2D eigenvalue weighted by Crippen LogP contribution is -3.05. The number of hydrogen-bond donors (Lipinski definition) is 2. The number of quaternary nitrogens is 1. The predicted octanol–water partition coefficient (Wildman–Crippen LogP) is 1.68. The highest BCUT2D eigenvalue weighted by molar-refractivity contribution is 6.43. The second-order valence-corrected chi connectivity index (χ2v) is 5.87. The van der Waals surface area contributed by atoms with Crippen molar-refractivity contribution in [2.45, 2.75) is 6.42 Å². The number of carbonyl (C=O) groups excluding carboxylic acids is 1. The number of hydrogen-bond acceptors (Lipinski definition) is 2. The van der Waals surface area contributed by atoms with E-state index in [0.717, 1.165) is 13.0 Å². The van der Waals surface area contributed by atoms with E-state index in [1.165, 1.54) is 17.0 Å². The number of benzene rings is 1. The first kappa shape index (κ1) is 17.4.